The number of non-ortho nitro benzene ring substituents is 1. The average Bonchev–Trinajstić information content (AvgIpc) is 2.64. The fourth-order valence-corrected chi connectivity index (χ4v) is 2.36. The normalized spacial score (nSPS) is 12.4. The molecule has 10 heteroatoms. The van der Waals surface area contributed by atoms with Crippen LogP contribution in [0.25, 0.3) is 11.3 Å². The Kier molecular flexibility index (Phi) is 5.83. The van der Waals surface area contributed by atoms with Gasteiger partial charge in [-0.2, -0.15) is 0 Å². The Balaban J connectivity index is 2.69. The molecule has 1 heterocycles. The lowest BCUT2D eigenvalue weighted by atomic mass is 10.0. The molecule has 0 saturated carbocycles. The fraction of sp³-hybridized carbons (Fsp3) is 0.176. The third-order valence-corrected chi connectivity index (χ3v) is 3.65. The molecule has 2 rings (SSSR count). The first-order chi connectivity index (χ1) is 12.7. The van der Waals surface area contributed by atoms with Crippen molar-refractivity contribution in [1.29, 1.82) is 0 Å². The van der Waals surface area contributed by atoms with Gasteiger partial charge in [-0.1, -0.05) is 0 Å². The minimum atomic E-state index is -2.60. The van der Waals surface area contributed by atoms with E-state index in [1.54, 1.807) is 0 Å². The van der Waals surface area contributed by atoms with Crippen LogP contribution >= 0.6 is 0 Å². The molecular formula is C17H17FN4O5. The van der Waals surface area contributed by atoms with E-state index < -0.39 is 22.2 Å². The number of nitrogens with zero attached hydrogens (tertiary/aromatic N) is 3. The molecular weight excluding hydrogens is 359 g/mol. The van der Waals surface area contributed by atoms with Gasteiger partial charge in [-0.3, -0.25) is 15.1 Å². The number of aliphatic imine (C=N–C) groups is 1. The third-order valence-electron chi connectivity index (χ3n) is 3.65. The summed E-state index contributed by atoms with van der Waals surface area (Å²) in [7, 11) is 2.74. The quantitative estimate of drug-likeness (QED) is 0.300. The maximum absolute atomic E-state index is 13.8. The number of pyridine rings is 1. The second kappa shape index (κ2) is 7.89. The third kappa shape index (κ3) is 4.07. The van der Waals surface area contributed by atoms with Gasteiger partial charge in [0.05, 0.1) is 23.7 Å². The van der Waals surface area contributed by atoms with Crippen molar-refractivity contribution in [1.82, 2.24) is 4.98 Å². The van der Waals surface area contributed by atoms with Gasteiger partial charge in [0.25, 0.3) is 5.69 Å². The van der Waals surface area contributed by atoms with Crippen LogP contribution in [0.5, 0.6) is 5.75 Å². The lowest BCUT2D eigenvalue weighted by Gasteiger charge is -2.23. The minimum absolute atomic E-state index is 0.0186. The van der Waals surface area contributed by atoms with Crippen LogP contribution in [0.1, 0.15) is 5.69 Å². The van der Waals surface area contributed by atoms with Crippen LogP contribution < -0.4 is 10.5 Å². The van der Waals surface area contributed by atoms with E-state index in [1.165, 1.54) is 26.3 Å². The first-order valence-electron chi connectivity index (χ1n) is 7.54. The summed E-state index contributed by atoms with van der Waals surface area (Å²) in [4.78, 5) is 18.0. The van der Waals surface area contributed by atoms with Crippen LogP contribution in [-0.4, -0.2) is 40.5 Å². The number of nitrogens with two attached hydrogens (primary N) is 1. The maximum Gasteiger partial charge on any atom is 0.273 e. The van der Waals surface area contributed by atoms with Gasteiger partial charge < -0.3 is 20.7 Å². The molecule has 1 aromatic carbocycles. The molecule has 0 aliphatic carbocycles. The van der Waals surface area contributed by atoms with Crippen molar-refractivity contribution in [3.63, 3.8) is 0 Å². The van der Waals surface area contributed by atoms with E-state index in [-0.39, 0.29) is 28.3 Å². The van der Waals surface area contributed by atoms with E-state index in [0.717, 1.165) is 30.6 Å². The fourth-order valence-electron chi connectivity index (χ4n) is 2.36. The SMILES string of the molecule is CN=C/C(=C\N)C(O)(O)c1ccc(OC)c(-c2cc(F)cc([N+](=O)[O-])c2)n1. The zero-order chi connectivity index (χ0) is 20.2. The molecule has 0 atom stereocenters. The van der Waals surface area contributed by atoms with Gasteiger partial charge in [-0.15, -0.1) is 0 Å². The first-order valence-corrected chi connectivity index (χ1v) is 7.54. The molecule has 0 saturated heterocycles. The number of nitro benzene ring substituents is 1. The molecule has 27 heavy (non-hydrogen) atoms. The van der Waals surface area contributed by atoms with E-state index in [9.17, 15) is 24.7 Å². The summed E-state index contributed by atoms with van der Waals surface area (Å²) in [5.74, 6) is -3.31. The van der Waals surface area contributed by atoms with Gasteiger partial charge in [0.1, 0.15) is 23.0 Å². The zero-order valence-corrected chi connectivity index (χ0v) is 14.5. The van der Waals surface area contributed by atoms with E-state index in [0.29, 0.717) is 0 Å². The number of ether oxygens (including phenoxy) is 1. The summed E-state index contributed by atoms with van der Waals surface area (Å²) in [6.07, 6.45) is 2.09. The summed E-state index contributed by atoms with van der Waals surface area (Å²) in [6.45, 7) is 0. The van der Waals surface area contributed by atoms with E-state index in [1.807, 2.05) is 0 Å². The Morgan fingerprint density at radius 1 is 1.41 bits per heavy atom. The molecule has 0 radical (unpaired) electrons. The van der Waals surface area contributed by atoms with Crippen LogP contribution in [0, 0.1) is 15.9 Å². The molecule has 0 bridgehead atoms. The van der Waals surface area contributed by atoms with Crippen molar-refractivity contribution in [2.75, 3.05) is 14.2 Å². The van der Waals surface area contributed by atoms with Gasteiger partial charge in [0, 0.05) is 31.1 Å². The Morgan fingerprint density at radius 3 is 2.67 bits per heavy atom. The number of methoxy groups -OCH3 is 1. The second-order valence-electron chi connectivity index (χ2n) is 5.38. The van der Waals surface area contributed by atoms with Crippen molar-refractivity contribution in [3.05, 3.63) is 63.7 Å². The number of aromatic nitrogens is 1. The number of benzene rings is 1. The van der Waals surface area contributed by atoms with Crippen molar-refractivity contribution in [2.24, 2.45) is 10.7 Å². The van der Waals surface area contributed by atoms with Crippen LogP contribution in [0.4, 0.5) is 10.1 Å². The highest BCUT2D eigenvalue weighted by atomic mass is 19.1. The van der Waals surface area contributed by atoms with Crippen LogP contribution in [0.3, 0.4) is 0 Å². The maximum atomic E-state index is 13.8. The number of rotatable bonds is 6. The van der Waals surface area contributed by atoms with Gasteiger partial charge in [-0.25, -0.2) is 9.37 Å². The van der Waals surface area contributed by atoms with E-state index in [4.69, 9.17) is 10.5 Å². The molecule has 0 aliphatic rings. The molecule has 0 unspecified atom stereocenters. The molecule has 9 nitrogen and oxygen atoms in total. The highest BCUT2D eigenvalue weighted by Crippen LogP contribution is 2.34. The summed E-state index contributed by atoms with van der Waals surface area (Å²) in [5.41, 5.74) is 4.52. The average molecular weight is 376 g/mol. The molecule has 0 fully saturated rings. The molecule has 142 valence electrons. The van der Waals surface area contributed by atoms with Crippen LogP contribution in [0.2, 0.25) is 0 Å². The summed E-state index contributed by atoms with van der Waals surface area (Å²) < 4.78 is 19.0. The van der Waals surface area contributed by atoms with Gasteiger partial charge >= 0.3 is 0 Å². The molecule has 2 aromatic rings. The Bertz CT molecular complexity index is 928. The number of hydrogen-bond donors (Lipinski definition) is 3. The number of nitro groups is 1. The van der Waals surface area contributed by atoms with Crippen LogP contribution in [-0.2, 0) is 5.79 Å². The van der Waals surface area contributed by atoms with E-state index in [2.05, 4.69) is 9.98 Å². The van der Waals surface area contributed by atoms with Gasteiger partial charge in [0.15, 0.2) is 0 Å². The second-order valence-corrected chi connectivity index (χ2v) is 5.38. The molecule has 1 aromatic heterocycles. The Morgan fingerprint density at radius 2 is 2.11 bits per heavy atom. The molecule has 4 N–H and O–H groups in total. The van der Waals surface area contributed by atoms with E-state index >= 15 is 0 Å². The van der Waals surface area contributed by atoms with Crippen molar-refractivity contribution in [3.8, 4) is 17.0 Å². The van der Waals surface area contributed by atoms with Crippen molar-refractivity contribution in [2.45, 2.75) is 5.79 Å². The smallest absolute Gasteiger partial charge is 0.273 e. The molecule has 0 spiro atoms. The molecule has 0 amide bonds. The molecule has 0 aliphatic heterocycles. The Labute approximate surface area is 153 Å². The first kappa shape index (κ1) is 19.9. The van der Waals surface area contributed by atoms with Gasteiger partial charge in [-0.05, 0) is 18.2 Å². The number of halogens is 1. The predicted octanol–water partition coefficient (Wildman–Crippen LogP) is 1.49. The number of aliphatic hydroxyl groups is 2. The summed E-state index contributed by atoms with van der Waals surface area (Å²) in [5, 5.41) is 31.9. The predicted molar refractivity (Wildman–Crippen MR) is 95.6 cm³/mol. The topological polar surface area (TPSA) is 144 Å². The van der Waals surface area contributed by atoms with Crippen molar-refractivity contribution < 1.29 is 24.3 Å². The highest BCUT2D eigenvalue weighted by molar-refractivity contribution is 5.81. The van der Waals surface area contributed by atoms with Crippen molar-refractivity contribution >= 4 is 11.9 Å². The highest BCUT2D eigenvalue weighted by Gasteiger charge is 2.33. The summed E-state index contributed by atoms with van der Waals surface area (Å²) >= 11 is 0. The monoisotopic (exact) mass is 376 g/mol. The van der Waals surface area contributed by atoms with Gasteiger partial charge in [0.2, 0.25) is 5.79 Å². The lowest BCUT2D eigenvalue weighted by molar-refractivity contribution is -0.385. The lowest BCUT2D eigenvalue weighted by Crippen LogP contribution is -2.30. The Hall–Kier alpha value is -3.37. The van der Waals surface area contributed by atoms with Crippen LogP contribution in [0.15, 0.2) is 47.1 Å². The largest absolute Gasteiger partial charge is 0.494 e. The standard InChI is InChI=1S/C17H17FN4O5/c1-20-9-11(8-19)17(23,24)15-4-3-14(27-2)16(21-15)10-5-12(18)7-13(6-10)22(25)26/h3-9,23-24H,19H2,1-2H3/b11-8+,20-9?. The summed E-state index contributed by atoms with van der Waals surface area (Å²) in [6, 6.07) is 5.51. The number of hydrogen-bond acceptors (Lipinski definition) is 8. The zero-order valence-electron chi connectivity index (χ0n) is 14.5. The minimum Gasteiger partial charge on any atom is -0.494 e.